The summed E-state index contributed by atoms with van der Waals surface area (Å²) >= 11 is 0. The van der Waals surface area contributed by atoms with E-state index in [9.17, 15) is 0 Å². The Balaban J connectivity index is 2.16. The van der Waals surface area contributed by atoms with Crippen molar-refractivity contribution < 1.29 is 4.11 Å². The zero-order chi connectivity index (χ0) is 6.91. The summed E-state index contributed by atoms with van der Waals surface area (Å²) in [4.78, 5) is 0. The highest BCUT2D eigenvalue weighted by Gasteiger charge is 2.13. The Morgan fingerprint density at radius 3 is 2.83 bits per heavy atom. The summed E-state index contributed by atoms with van der Waals surface area (Å²) in [6.07, 6.45) is 3.23. The van der Waals surface area contributed by atoms with Gasteiger partial charge in [-0.05, 0) is 19.8 Å². The van der Waals surface area contributed by atoms with Crippen LogP contribution in [0, 0.1) is 0 Å². The Labute approximate surface area is 43.0 Å². The molecular weight excluding hydrogens is 74.1 g/mol. The molecule has 0 heterocycles. The fraction of sp³-hybridized carbons (Fsp3) is 1.00. The second-order valence-corrected chi connectivity index (χ2v) is 1.77. The molecule has 1 N–H and O–H groups in total. The smallest absolute Gasteiger partial charge is 0.0391 e. The molecule has 0 aliphatic heterocycles. The van der Waals surface area contributed by atoms with Gasteiger partial charge in [0.1, 0.15) is 0 Å². The Morgan fingerprint density at radius 1 is 1.83 bits per heavy atom. The monoisotopic (exact) mass is 88.1 g/mol. The van der Waals surface area contributed by atoms with Crippen LogP contribution in [0.2, 0.25) is 0 Å². The molecule has 0 aromatic heterocycles. The van der Waals surface area contributed by atoms with E-state index in [0.717, 1.165) is 12.8 Å². The molecule has 1 fully saturated rings. The van der Waals surface area contributed by atoms with Crippen LogP contribution in [-0.2, 0) is 0 Å². The maximum Gasteiger partial charge on any atom is 0.0391 e. The largest absolute Gasteiger partial charge is 0.317 e. The van der Waals surface area contributed by atoms with Gasteiger partial charge in [-0.15, -0.1) is 0 Å². The van der Waals surface area contributed by atoms with E-state index in [1.807, 2.05) is 0 Å². The minimum Gasteiger partial charge on any atom is -0.317 e. The molecule has 0 saturated heterocycles. The third kappa shape index (κ3) is 0.548. The van der Waals surface area contributed by atoms with Crippen molar-refractivity contribution >= 4 is 0 Å². The molecule has 0 amide bonds. The normalized spacial score (nSPS) is 33.0. The third-order valence-corrected chi connectivity index (χ3v) is 1.31. The van der Waals surface area contributed by atoms with E-state index in [1.165, 1.54) is 6.42 Å². The van der Waals surface area contributed by atoms with Gasteiger partial charge >= 0.3 is 0 Å². The highest BCUT2D eigenvalue weighted by Crippen LogP contribution is 2.16. The van der Waals surface area contributed by atoms with Crippen LogP contribution in [0.5, 0.6) is 0 Å². The predicted octanol–water partition coefficient (Wildman–Crippen LogP) is 0.758. The molecule has 0 unspecified atom stereocenters. The van der Waals surface area contributed by atoms with E-state index in [4.69, 9.17) is 4.11 Å². The molecule has 1 rings (SSSR count). The minimum absolute atomic E-state index is 0.262. The van der Waals surface area contributed by atoms with Crippen LogP contribution in [0.3, 0.4) is 0 Å². The first-order valence-corrected chi connectivity index (χ1v) is 2.36. The Kier molecular flexibility index (Phi) is 0.489. The fourth-order valence-corrected chi connectivity index (χ4v) is 0.553. The average molecular weight is 88.2 g/mol. The van der Waals surface area contributed by atoms with Gasteiger partial charge < -0.3 is 5.32 Å². The predicted molar refractivity (Wildman–Crippen MR) is 26.7 cm³/mol. The lowest BCUT2D eigenvalue weighted by atomic mass is 9.94. The van der Waals surface area contributed by atoms with Crippen LogP contribution >= 0.6 is 0 Å². The SMILES string of the molecule is [2H]C([2H])([2H])NC1CCC1. The van der Waals surface area contributed by atoms with E-state index < -0.39 is 6.98 Å². The van der Waals surface area contributed by atoms with Gasteiger partial charge in [0, 0.05) is 10.2 Å². The van der Waals surface area contributed by atoms with Crippen molar-refractivity contribution in [1.29, 1.82) is 0 Å². The van der Waals surface area contributed by atoms with Gasteiger partial charge in [0.15, 0.2) is 0 Å². The van der Waals surface area contributed by atoms with Crippen molar-refractivity contribution in [3.05, 3.63) is 0 Å². The first-order valence-electron chi connectivity index (χ1n) is 3.86. The second kappa shape index (κ2) is 1.61. The summed E-state index contributed by atoms with van der Waals surface area (Å²) in [5.41, 5.74) is 0. The van der Waals surface area contributed by atoms with Gasteiger partial charge in [-0.1, -0.05) is 6.42 Å². The first-order chi connectivity index (χ1) is 4.08. The summed E-state index contributed by atoms with van der Waals surface area (Å²) in [7, 11) is 0. The Bertz CT molecular complexity index is 94.9. The molecule has 1 heteroatoms. The Hall–Kier alpha value is -0.0400. The summed E-state index contributed by atoms with van der Waals surface area (Å²) < 4.78 is 20.5. The molecule has 0 radical (unpaired) electrons. The van der Waals surface area contributed by atoms with Crippen LogP contribution in [-0.4, -0.2) is 13.0 Å². The molecule has 1 aliphatic carbocycles. The van der Waals surface area contributed by atoms with Crippen LogP contribution in [0.4, 0.5) is 0 Å². The maximum atomic E-state index is 6.82. The summed E-state index contributed by atoms with van der Waals surface area (Å²) in [5.74, 6) is 0. The quantitative estimate of drug-likeness (QED) is 0.499. The van der Waals surface area contributed by atoms with Crippen molar-refractivity contribution in [3.8, 4) is 0 Å². The minimum atomic E-state index is -1.93. The lowest BCUT2D eigenvalue weighted by Crippen LogP contribution is -2.31. The zero-order valence-corrected chi connectivity index (χ0v) is 3.70. The third-order valence-electron chi connectivity index (χ3n) is 1.31. The van der Waals surface area contributed by atoms with Crippen molar-refractivity contribution in [2.45, 2.75) is 25.3 Å². The van der Waals surface area contributed by atoms with Gasteiger partial charge in [-0.2, -0.15) is 0 Å². The topological polar surface area (TPSA) is 12.0 Å². The van der Waals surface area contributed by atoms with Crippen LogP contribution in [0.15, 0.2) is 0 Å². The van der Waals surface area contributed by atoms with Crippen molar-refractivity contribution in [1.82, 2.24) is 5.32 Å². The number of rotatable bonds is 1. The lowest BCUT2D eigenvalue weighted by molar-refractivity contribution is 0.361. The molecule has 0 atom stereocenters. The molecule has 1 aliphatic rings. The van der Waals surface area contributed by atoms with E-state index in [1.54, 1.807) is 0 Å². The molecule has 1 saturated carbocycles. The molecular formula is C5H11N. The second-order valence-electron chi connectivity index (χ2n) is 1.77. The van der Waals surface area contributed by atoms with E-state index >= 15 is 0 Å². The van der Waals surface area contributed by atoms with Gasteiger partial charge in [0.2, 0.25) is 0 Å². The van der Waals surface area contributed by atoms with Crippen molar-refractivity contribution in [2.24, 2.45) is 0 Å². The summed E-state index contributed by atoms with van der Waals surface area (Å²) in [6, 6.07) is 0.262. The summed E-state index contributed by atoms with van der Waals surface area (Å²) in [5, 5.41) is 2.56. The lowest BCUT2D eigenvalue weighted by Gasteiger charge is -2.23. The molecule has 0 aromatic carbocycles. The van der Waals surface area contributed by atoms with Gasteiger partial charge in [-0.25, -0.2) is 0 Å². The van der Waals surface area contributed by atoms with Gasteiger partial charge in [0.25, 0.3) is 0 Å². The number of hydrogen-bond donors (Lipinski definition) is 1. The molecule has 0 aromatic rings. The maximum absolute atomic E-state index is 6.82. The molecule has 0 spiro atoms. The standard InChI is InChI=1S/C5H11N/c1-6-5-3-2-4-5/h5-6H,2-4H2,1H3/i1D3. The van der Waals surface area contributed by atoms with Crippen LogP contribution in [0.25, 0.3) is 0 Å². The fourth-order valence-electron chi connectivity index (χ4n) is 0.553. The van der Waals surface area contributed by atoms with Crippen LogP contribution < -0.4 is 5.32 Å². The van der Waals surface area contributed by atoms with Crippen molar-refractivity contribution in [2.75, 3.05) is 6.98 Å². The highest BCUT2D eigenvalue weighted by molar-refractivity contribution is 4.73. The Morgan fingerprint density at radius 2 is 2.67 bits per heavy atom. The van der Waals surface area contributed by atoms with E-state index in [-0.39, 0.29) is 6.04 Å². The molecule has 6 heavy (non-hydrogen) atoms. The average Bonchev–Trinajstić information content (AvgIpc) is 1.53. The molecule has 1 nitrogen and oxygen atoms in total. The zero-order valence-electron chi connectivity index (χ0n) is 6.70. The van der Waals surface area contributed by atoms with E-state index in [2.05, 4.69) is 5.32 Å². The van der Waals surface area contributed by atoms with E-state index in [0.29, 0.717) is 0 Å². The van der Waals surface area contributed by atoms with Gasteiger partial charge in [0.05, 0.1) is 0 Å². The van der Waals surface area contributed by atoms with Crippen LogP contribution in [0.1, 0.15) is 23.4 Å². The first kappa shape index (κ1) is 1.83. The summed E-state index contributed by atoms with van der Waals surface area (Å²) in [6.45, 7) is -1.93. The molecule has 0 bridgehead atoms. The number of hydrogen-bond acceptors (Lipinski definition) is 1. The highest BCUT2D eigenvalue weighted by atomic mass is 14.9. The van der Waals surface area contributed by atoms with Gasteiger partial charge in [-0.3, -0.25) is 0 Å². The molecule has 36 valence electrons. The number of nitrogens with one attached hydrogen (secondary N) is 1. The van der Waals surface area contributed by atoms with Crippen molar-refractivity contribution in [3.63, 3.8) is 0 Å².